The number of nitrogens with two attached hydrogens (primary N) is 1. The summed E-state index contributed by atoms with van der Waals surface area (Å²) in [5.41, 5.74) is 5.66. The van der Waals surface area contributed by atoms with Crippen molar-refractivity contribution in [2.75, 3.05) is 6.54 Å². The Morgan fingerprint density at radius 1 is 1.59 bits per heavy atom. The van der Waals surface area contributed by atoms with Crippen LogP contribution in [0.15, 0.2) is 20.4 Å². The number of hydrogen-bond donors (Lipinski definition) is 1. The van der Waals surface area contributed by atoms with Gasteiger partial charge in [-0.3, -0.25) is 0 Å². The molecular formula is C11H14BrN3OS. The summed E-state index contributed by atoms with van der Waals surface area (Å²) in [5, 5.41) is 5.98. The first-order valence-corrected chi connectivity index (χ1v) is 7.17. The van der Waals surface area contributed by atoms with E-state index >= 15 is 0 Å². The lowest BCUT2D eigenvalue weighted by atomic mass is 10.0. The summed E-state index contributed by atoms with van der Waals surface area (Å²) in [5.74, 6) is 1.74. The zero-order chi connectivity index (χ0) is 12.3. The second kappa shape index (κ2) is 5.75. The third-order valence-electron chi connectivity index (χ3n) is 2.63. The molecule has 6 heteroatoms. The number of hydrogen-bond acceptors (Lipinski definition) is 5. The Morgan fingerprint density at radius 2 is 2.41 bits per heavy atom. The fraction of sp³-hybridized carbons (Fsp3) is 0.455. The van der Waals surface area contributed by atoms with Gasteiger partial charge in [0.1, 0.15) is 0 Å². The molecule has 2 rings (SSSR count). The minimum absolute atomic E-state index is 0.415. The monoisotopic (exact) mass is 315 g/mol. The van der Waals surface area contributed by atoms with Gasteiger partial charge in [-0.2, -0.15) is 4.98 Å². The SMILES string of the molecule is CCC(CN)Cc1nc(-c2cc(Br)cs2)no1. The van der Waals surface area contributed by atoms with E-state index < -0.39 is 0 Å². The van der Waals surface area contributed by atoms with Crippen LogP contribution in [0.4, 0.5) is 0 Å². The van der Waals surface area contributed by atoms with Crippen LogP contribution in [0.1, 0.15) is 19.2 Å². The zero-order valence-corrected chi connectivity index (χ0v) is 11.9. The maximum atomic E-state index is 5.66. The normalized spacial score (nSPS) is 12.9. The van der Waals surface area contributed by atoms with Gasteiger partial charge in [-0.05, 0) is 34.5 Å². The van der Waals surface area contributed by atoms with Crippen molar-refractivity contribution in [3.05, 3.63) is 21.8 Å². The van der Waals surface area contributed by atoms with Crippen LogP contribution in [0.25, 0.3) is 10.7 Å². The highest BCUT2D eigenvalue weighted by atomic mass is 79.9. The smallest absolute Gasteiger partial charge is 0.227 e. The van der Waals surface area contributed by atoms with Crippen LogP contribution < -0.4 is 5.73 Å². The number of halogens is 1. The highest BCUT2D eigenvalue weighted by Crippen LogP contribution is 2.28. The lowest BCUT2D eigenvalue weighted by Crippen LogP contribution is -2.15. The van der Waals surface area contributed by atoms with Crippen molar-refractivity contribution in [2.24, 2.45) is 11.7 Å². The minimum Gasteiger partial charge on any atom is -0.339 e. The molecule has 0 spiro atoms. The van der Waals surface area contributed by atoms with E-state index in [-0.39, 0.29) is 0 Å². The van der Waals surface area contributed by atoms with Crippen LogP contribution in [0.5, 0.6) is 0 Å². The molecule has 1 unspecified atom stereocenters. The first-order valence-electron chi connectivity index (χ1n) is 5.50. The summed E-state index contributed by atoms with van der Waals surface area (Å²) in [4.78, 5) is 5.39. The quantitative estimate of drug-likeness (QED) is 0.920. The van der Waals surface area contributed by atoms with Crippen molar-refractivity contribution in [1.82, 2.24) is 10.1 Å². The molecule has 0 aliphatic heterocycles. The van der Waals surface area contributed by atoms with Gasteiger partial charge in [0.15, 0.2) is 0 Å². The molecule has 2 heterocycles. The number of nitrogens with zero attached hydrogens (tertiary/aromatic N) is 2. The first-order chi connectivity index (χ1) is 8.22. The molecule has 0 fully saturated rings. The summed E-state index contributed by atoms with van der Waals surface area (Å²) in [6, 6.07) is 1.99. The van der Waals surface area contributed by atoms with Gasteiger partial charge in [0.05, 0.1) is 4.88 Å². The van der Waals surface area contributed by atoms with Crippen molar-refractivity contribution in [1.29, 1.82) is 0 Å². The van der Waals surface area contributed by atoms with E-state index in [1.54, 1.807) is 11.3 Å². The van der Waals surface area contributed by atoms with Crippen LogP contribution in [-0.4, -0.2) is 16.7 Å². The van der Waals surface area contributed by atoms with E-state index in [0.29, 0.717) is 24.2 Å². The molecule has 2 N–H and O–H groups in total. The van der Waals surface area contributed by atoms with Crippen LogP contribution in [0.2, 0.25) is 0 Å². The molecule has 0 saturated carbocycles. The number of thiophene rings is 1. The molecule has 0 saturated heterocycles. The lowest BCUT2D eigenvalue weighted by molar-refractivity contribution is 0.351. The van der Waals surface area contributed by atoms with Crippen LogP contribution in [0.3, 0.4) is 0 Å². The zero-order valence-electron chi connectivity index (χ0n) is 9.52. The molecule has 1 atom stereocenters. The molecule has 0 radical (unpaired) electrons. The Kier molecular flexibility index (Phi) is 4.31. The average Bonchev–Trinajstić information content (AvgIpc) is 2.94. The fourth-order valence-corrected chi connectivity index (χ4v) is 2.86. The summed E-state index contributed by atoms with van der Waals surface area (Å²) in [7, 11) is 0. The second-order valence-electron chi connectivity index (χ2n) is 3.85. The van der Waals surface area contributed by atoms with E-state index in [4.69, 9.17) is 10.3 Å². The van der Waals surface area contributed by atoms with E-state index in [0.717, 1.165) is 22.2 Å². The summed E-state index contributed by atoms with van der Waals surface area (Å²) < 4.78 is 6.28. The molecule has 17 heavy (non-hydrogen) atoms. The predicted octanol–water partition coefficient (Wildman–Crippen LogP) is 3.09. The Bertz CT molecular complexity index is 479. The van der Waals surface area contributed by atoms with Gasteiger partial charge >= 0.3 is 0 Å². The van der Waals surface area contributed by atoms with Crippen LogP contribution in [-0.2, 0) is 6.42 Å². The van der Waals surface area contributed by atoms with Gasteiger partial charge < -0.3 is 10.3 Å². The number of aromatic nitrogens is 2. The average molecular weight is 316 g/mol. The molecule has 2 aromatic rings. The van der Waals surface area contributed by atoms with Crippen LogP contribution in [0, 0.1) is 5.92 Å². The molecule has 0 aliphatic carbocycles. The van der Waals surface area contributed by atoms with Gasteiger partial charge in [0.2, 0.25) is 11.7 Å². The van der Waals surface area contributed by atoms with Gasteiger partial charge in [0.25, 0.3) is 0 Å². The van der Waals surface area contributed by atoms with E-state index in [2.05, 4.69) is 33.0 Å². The van der Waals surface area contributed by atoms with E-state index in [1.807, 2.05) is 11.4 Å². The third-order valence-corrected chi connectivity index (χ3v) is 4.32. The Hall–Kier alpha value is -0.720. The second-order valence-corrected chi connectivity index (χ2v) is 5.68. The highest BCUT2D eigenvalue weighted by Gasteiger charge is 2.14. The standard InChI is InChI=1S/C11H14BrN3OS/c1-2-7(5-13)3-10-14-11(15-16-10)9-4-8(12)6-17-9/h4,6-7H,2-3,5,13H2,1H3. The predicted molar refractivity (Wildman–Crippen MR) is 71.9 cm³/mol. The maximum absolute atomic E-state index is 5.66. The summed E-state index contributed by atoms with van der Waals surface area (Å²) in [6.07, 6.45) is 1.78. The molecule has 0 aromatic carbocycles. The summed E-state index contributed by atoms with van der Waals surface area (Å²) >= 11 is 5.00. The molecule has 0 amide bonds. The number of rotatable bonds is 5. The van der Waals surface area contributed by atoms with Gasteiger partial charge in [-0.15, -0.1) is 11.3 Å². The molecule has 2 aromatic heterocycles. The van der Waals surface area contributed by atoms with E-state index in [1.165, 1.54) is 0 Å². The molecule has 92 valence electrons. The topological polar surface area (TPSA) is 64.9 Å². The minimum atomic E-state index is 0.415. The highest BCUT2D eigenvalue weighted by molar-refractivity contribution is 9.10. The fourth-order valence-electron chi connectivity index (χ4n) is 1.51. The van der Waals surface area contributed by atoms with Crippen LogP contribution >= 0.6 is 27.3 Å². The largest absolute Gasteiger partial charge is 0.339 e. The lowest BCUT2D eigenvalue weighted by Gasteiger charge is -2.07. The summed E-state index contributed by atoms with van der Waals surface area (Å²) in [6.45, 7) is 2.77. The first kappa shape index (κ1) is 12.7. The molecule has 4 nitrogen and oxygen atoms in total. The van der Waals surface area contributed by atoms with Gasteiger partial charge in [0, 0.05) is 16.3 Å². The van der Waals surface area contributed by atoms with Crippen molar-refractivity contribution in [3.63, 3.8) is 0 Å². The van der Waals surface area contributed by atoms with Crippen molar-refractivity contribution in [2.45, 2.75) is 19.8 Å². The van der Waals surface area contributed by atoms with Gasteiger partial charge in [-0.25, -0.2) is 0 Å². The molecule has 0 aliphatic rings. The molecular weight excluding hydrogens is 302 g/mol. The van der Waals surface area contributed by atoms with E-state index in [9.17, 15) is 0 Å². The van der Waals surface area contributed by atoms with Crippen molar-refractivity contribution < 1.29 is 4.52 Å². The molecule has 0 bridgehead atoms. The Morgan fingerprint density at radius 3 is 3.00 bits per heavy atom. The Balaban J connectivity index is 2.10. The third kappa shape index (κ3) is 3.14. The maximum Gasteiger partial charge on any atom is 0.227 e. The van der Waals surface area contributed by atoms with Gasteiger partial charge in [-0.1, -0.05) is 18.5 Å². The Labute approximate surface area is 112 Å². The van der Waals surface area contributed by atoms with Crippen molar-refractivity contribution >= 4 is 27.3 Å². The van der Waals surface area contributed by atoms with Crippen molar-refractivity contribution in [3.8, 4) is 10.7 Å².